The van der Waals surface area contributed by atoms with Crippen LogP contribution in [-0.2, 0) is 4.74 Å². The van der Waals surface area contributed by atoms with Crippen LogP contribution < -0.4 is 0 Å². The molecule has 30 heavy (non-hydrogen) atoms. The van der Waals surface area contributed by atoms with E-state index in [1.165, 1.54) is 10.6 Å². The Hall–Kier alpha value is -2.10. The van der Waals surface area contributed by atoms with Crippen molar-refractivity contribution in [2.75, 3.05) is 0 Å². The van der Waals surface area contributed by atoms with Gasteiger partial charge in [0.1, 0.15) is 30.2 Å². The molecule has 9 heteroatoms. The molecule has 2 aromatic rings. The minimum absolute atomic E-state index is 0.0250. The topological polar surface area (TPSA) is 74.9 Å². The number of aliphatic hydroxyl groups excluding tert-OH is 3. The molecule has 0 aliphatic carbocycles. The second kappa shape index (κ2) is 9.80. The number of aliphatic hydroxyl groups is 3. The minimum atomic E-state index is -1.53. The van der Waals surface area contributed by atoms with E-state index in [4.69, 9.17) is 16.3 Å². The largest absolute Gasteiger partial charge is 0.387 e. The zero-order chi connectivity index (χ0) is 22.7. The first-order valence-corrected chi connectivity index (χ1v) is 9.32. The summed E-state index contributed by atoms with van der Waals surface area (Å²) in [6.45, 7) is 10.2. The Balaban J connectivity index is 0.000000735. The molecule has 5 unspecified atom stereocenters. The monoisotopic (exact) mass is 445 g/mol. The molecule has 1 aliphatic heterocycles. The van der Waals surface area contributed by atoms with Crippen molar-refractivity contribution in [2.24, 2.45) is 0 Å². The minimum Gasteiger partial charge on any atom is -0.387 e. The van der Waals surface area contributed by atoms with E-state index in [-0.39, 0.29) is 11.1 Å². The standard InChI is InChI=1S/C18H18F3NO4.C3H5Cl/c1-3-10-8(2)22(7-13(10)21)18-16(25)15(24)17(26-18)14(23)9-4-5-11(19)12(20)6-9;1-3(2)4/h3-7,14-18,23-25H,1H2,2H3;1H2,2H3. The Kier molecular flexibility index (Phi) is 7.90. The Morgan fingerprint density at radius 2 is 1.80 bits per heavy atom. The number of aromatic nitrogens is 1. The molecular weight excluding hydrogens is 423 g/mol. The van der Waals surface area contributed by atoms with E-state index in [1.54, 1.807) is 13.8 Å². The van der Waals surface area contributed by atoms with Gasteiger partial charge in [0.15, 0.2) is 17.9 Å². The summed E-state index contributed by atoms with van der Waals surface area (Å²) in [5.41, 5.74) is 0.611. The Morgan fingerprint density at radius 3 is 2.30 bits per heavy atom. The molecule has 0 amide bonds. The summed E-state index contributed by atoms with van der Waals surface area (Å²) < 4.78 is 47.2. The molecule has 0 radical (unpaired) electrons. The first-order valence-electron chi connectivity index (χ1n) is 8.94. The number of benzene rings is 1. The number of hydrogen-bond acceptors (Lipinski definition) is 4. The molecular formula is C21H23ClF3NO4. The van der Waals surface area contributed by atoms with Gasteiger partial charge in [0, 0.05) is 22.5 Å². The van der Waals surface area contributed by atoms with E-state index < -0.39 is 48.1 Å². The molecule has 0 saturated carbocycles. The predicted molar refractivity (Wildman–Crippen MR) is 107 cm³/mol. The fraction of sp³-hybridized carbons (Fsp3) is 0.333. The Bertz CT molecular complexity index is 929. The van der Waals surface area contributed by atoms with Crippen LogP contribution in [0, 0.1) is 24.4 Å². The van der Waals surface area contributed by atoms with Crippen molar-refractivity contribution in [3.8, 4) is 0 Å². The highest BCUT2D eigenvalue weighted by Gasteiger charge is 2.47. The van der Waals surface area contributed by atoms with Crippen LogP contribution in [0.5, 0.6) is 0 Å². The third kappa shape index (κ3) is 4.96. The van der Waals surface area contributed by atoms with E-state index >= 15 is 0 Å². The molecule has 1 aromatic heterocycles. The van der Waals surface area contributed by atoms with Gasteiger partial charge in [0.2, 0.25) is 0 Å². The van der Waals surface area contributed by atoms with Crippen LogP contribution in [0.2, 0.25) is 0 Å². The third-order valence-corrected chi connectivity index (χ3v) is 4.64. The molecule has 5 atom stereocenters. The van der Waals surface area contributed by atoms with Crippen LogP contribution in [0.15, 0.2) is 42.6 Å². The molecule has 1 aromatic carbocycles. The van der Waals surface area contributed by atoms with Crippen LogP contribution in [0.1, 0.15) is 36.1 Å². The van der Waals surface area contributed by atoms with Crippen molar-refractivity contribution in [1.82, 2.24) is 4.57 Å². The van der Waals surface area contributed by atoms with Gasteiger partial charge in [-0.25, -0.2) is 13.2 Å². The number of rotatable bonds is 4. The summed E-state index contributed by atoms with van der Waals surface area (Å²) in [7, 11) is 0. The average Bonchev–Trinajstić information content (AvgIpc) is 3.12. The highest BCUT2D eigenvalue weighted by molar-refractivity contribution is 6.28. The SMILES string of the molecule is C=C(C)Cl.C=Cc1c(F)cn(C2OC(C(O)c3ccc(F)c(F)c3)C(O)C2O)c1C. The summed E-state index contributed by atoms with van der Waals surface area (Å²) >= 11 is 5.08. The van der Waals surface area contributed by atoms with Gasteiger partial charge in [-0.3, -0.25) is 0 Å². The molecule has 1 fully saturated rings. The van der Waals surface area contributed by atoms with Gasteiger partial charge in [-0.2, -0.15) is 0 Å². The van der Waals surface area contributed by atoms with Crippen LogP contribution in [0.4, 0.5) is 13.2 Å². The van der Waals surface area contributed by atoms with Gasteiger partial charge in [-0.1, -0.05) is 36.9 Å². The highest BCUT2D eigenvalue weighted by atomic mass is 35.5. The zero-order valence-corrected chi connectivity index (χ0v) is 17.2. The maximum absolute atomic E-state index is 13.9. The first kappa shape index (κ1) is 24.2. The second-order valence-electron chi connectivity index (χ2n) is 6.85. The van der Waals surface area contributed by atoms with Gasteiger partial charge in [-0.15, -0.1) is 0 Å². The molecule has 3 N–H and O–H groups in total. The summed E-state index contributed by atoms with van der Waals surface area (Å²) in [6.07, 6.45) is -4.61. The smallest absolute Gasteiger partial charge is 0.163 e. The van der Waals surface area contributed by atoms with Crippen molar-refractivity contribution < 1.29 is 33.2 Å². The average molecular weight is 446 g/mol. The van der Waals surface area contributed by atoms with Gasteiger partial charge < -0.3 is 24.6 Å². The zero-order valence-electron chi connectivity index (χ0n) is 16.4. The lowest BCUT2D eigenvalue weighted by Gasteiger charge is -2.21. The number of allylic oxidation sites excluding steroid dienone is 1. The van der Waals surface area contributed by atoms with Crippen LogP contribution in [0.3, 0.4) is 0 Å². The summed E-state index contributed by atoms with van der Waals surface area (Å²) in [4.78, 5) is 0. The number of hydrogen-bond donors (Lipinski definition) is 3. The van der Waals surface area contributed by atoms with Crippen LogP contribution >= 0.6 is 11.6 Å². The Morgan fingerprint density at radius 1 is 1.20 bits per heavy atom. The van der Waals surface area contributed by atoms with Gasteiger partial charge in [0.05, 0.1) is 0 Å². The Labute approximate surface area is 177 Å². The molecule has 164 valence electrons. The number of nitrogens with zero attached hydrogens (tertiary/aromatic N) is 1. The molecule has 0 spiro atoms. The summed E-state index contributed by atoms with van der Waals surface area (Å²) in [5, 5.41) is 31.5. The van der Waals surface area contributed by atoms with E-state index in [1.807, 2.05) is 0 Å². The normalized spacial score (nSPS) is 24.2. The van der Waals surface area contributed by atoms with Crippen molar-refractivity contribution in [2.45, 2.75) is 44.5 Å². The first-order chi connectivity index (χ1) is 14.0. The molecule has 0 bridgehead atoms. The molecule has 5 nitrogen and oxygen atoms in total. The fourth-order valence-electron chi connectivity index (χ4n) is 3.17. The van der Waals surface area contributed by atoms with Crippen molar-refractivity contribution in [3.05, 3.63) is 76.9 Å². The van der Waals surface area contributed by atoms with Crippen LogP contribution in [0.25, 0.3) is 6.08 Å². The van der Waals surface area contributed by atoms with Gasteiger partial charge >= 0.3 is 0 Å². The third-order valence-electron chi connectivity index (χ3n) is 4.64. The highest BCUT2D eigenvalue weighted by Crippen LogP contribution is 2.37. The predicted octanol–water partition coefficient (Wildman–Crippen LogP) is 3.97. The lowest BCUT2D eigenvalue weighted by atomic mass is 9.99. The fourth-order valence-corrected chi connectivity index (χ4v) is 3.17. The lowest BCUT2D eigenvalue weighted by Crippen LogP contribution is -2.35. The number of halogens is 4. The second-order valence-corrected chi connectivity index (χ2v) is 7.50. The molecule has 3 rings (SSSR count). The van der Waals surface area contributed by atoms with E-state index in [2.05, 4.69) is 13.2 Å². The van der Waals surface area contributed by atoms with E-state index in [0.29, 0.717) is 10.7 Å². The van der Waals surface area contributed by atoms with E-state index in [9.17, 15) is 28.5 Å². The van der Waals surface area contributed by atoms with E-state index in [0.717, 1.165) is 24.4 Å². The quantitative estimate of drug-likeness (QED) is 0.665. The van der Waals surface area contributed by atoms with Crippen molar-refractivity contribution >= 4 is 17.7 Å². The van der Waals surface area contributed by atoms with Crippen molar-refractivity contribution in [3.63, 3.8) is 0 Å². The molecule has 1 saturated heterocycles. The van der Waals surface area contributed by atoms with Crippen molar-refractivity contribution in [1.29, 1.82) is 0 Å². The summed E-state index contributed by atoms with van der Waals surface area (Å²) in [5.74, 6) is -2.82. The number of ether oxygens (including phenoxy) is 1. The van der Waals surface area contributed by atoms with Gasteiger partial charge in [0.25, 0.3) is 0 Å². The maximum atomic E-state index is 13.9. The molecule has 2 heterocycles. The lowest BCUT2D eigenvalue weighted by molar-refractivity contribution is -0.0865. The van der Waals surface area contributed by atoms with Gasteiger partial charge in [-0.05, 0) is 31.5 Å². The molecule has 1 aliphatic rings. The summed E-state index contributed by atoms with van der Waals surface area (Å²) in [6, 6.07) is 2.77. The maximum Gasteiger partial charge on any atom is 0.163 e. The van der Waals surface area contributed by atoms with Crippen LogP contribution in [-0.4, -0.2) is 38.2 Å².